The molecule has 212 valence electrons. The van der Waals surface area contributed by atoms with Gasteiger partial charge in [-0.1, -0.05) is 55.5 Å². The summed E-state index contributed by atoms with van der Waals surface area (Å²) in [5.74, 6) is 0.276. The summed E-state index contributed by atoms with van der Waals surface area (Å²) in [5.41, 5.74) is 2.01. The van der Waals surface area contributed by atoms with Gasteiger partial charge in [-0.15, -0.1) is 0 Å². The van der Waals surface area contributed by atoms with Crippen molar-refractivity contribution in [3.8, 4) is 5.75 Å². The highest BCUT2D eigenvalue weighted by Gasteiger charge is 2.34. The van der Waals surface area contributed by atoms with Gasteiger partial charge in [-0.3, -0.25) is 14.5 Å². The third-order valence-corrected chi connectivity index (χ3v) is 8.58. The Hall–Kier alpha value is -2.32. The highest BCUT2D eigenvalue weighted by atomic mass is 35.5. The Kier molecular flexibility index (Phi) is 10.2. The van der Waals surface area contributed by atoms with Gasteiger partial charge >= 0.3 is 0 Å². The monoisotopic (exact) mass is 575 g/mol. The van der Waals surface area contributed by atoms with Crippen LogP contribution in [-0.2, 0) is 11.3 Å². The summed E-state index contributed by atoms with van der Waals surface area (Å²) in [4.78, 5) is 30.4. The number of likely N-dealkylation sites (N-methyl/N-ethyl adjacent to an activating group) is 1. The Bertz CT molecular complexity index is 1170. The van der Waals surface area contributed by atoms with E-state index in [-0.39, 0.29) is 42.4 Å². The lowest BCUT2D eigenvalue weighted by Gasteiger charge is -2.38. The molecule has 0 aromatic heterocycles. The largest absolute Gasteiger partial charge is 0.488 e. The van der Waals surface area contributed by atoms with Gasteiger partial charge in [-0.25, -0.2) is 0 Å². The van der Waals surface area contributed by atoms with Crippen molar-refractivity contribution in [1.29, 1.82) is 0 Å². The number of rotatable bonds is 8. The maximum atomic E-state index is 13.7. The van der Waals surface area contributed by atoms with Gasteiger partial charge in [0.1, 0.15) is 11.9 Å². The highest BCUT2D eigenvalue weighted by Crippen LogP contribution is 2.32. The number of halogens is 2. The molecule has 9 heteroatoms. The molecule has 4 rings (SSSR count). The molecule has 2 aromatic rings. The van der Waals surface area contributed by atoms with E-state index in [2.05, 4.69) is 17.1 Å². The first-order valence-electron chi connectivity index (χ1n) is 13.8. The van der Waals surface area contributed by atoms with E-state index >= 15 is 0 Å². The summed E-state index contributed by atoms with van der Waals surface area (Å²) in [6.07, 6.45) is 4.89. The zero-order valence-corrected chi connectivity index (χ0v) is 24.5. The van der Waals surface area contributed by atoms with Crippen LogP contribution < -0.4 is 10.1 Å². The molecule has 0 saturated heterocycles. The molecule has 2 aromatic carbocycles. The molecule has 0 spiro atoms. The van der Waals surface area contributed by atoms with Crippen LogP contribution in [0.25, 0.3) is 0 Å². The Morgan fingerprint density at radius 2 is 1.90 bits per heavy atom. The van der Waals surface area contributed by atoms with Crippen molar-refractivity contribution in [2.45, 2.75) is 64.6 Å². The van der Waals surface area contributed by atoms with Crippen LogP contribution >= 0.6 is 23.2 Å². The number of fused-ring (bicyclic) bond motifs is 1. The molecule has 2 N–H and O–H groups in total. The van der Waals surface area contributed by atoms with E-state index in [4.69, 9.17) is 27.9 Å². The second-order valence-corrected chi connectivity index (χ2v) is 11.9. The standard InChI is InChI=1S/C30H39Cl2N3O4/c1-19-15-35(20(2)18-36)30(38)24-14-23(33-29(37)22-7-5-4-6-8-22)10-12-27(24)39-28(19)17-34(3)16-21-9-11-25(31)26(32)13-21/h9-14,19-20,22,28,36H,4-8,15-18H2,1-3H3,(H,33,37)/t19-,20-,28-/m0/s1. The van der Waals surface area contributed by atoms with Crippen LogP contribution in [0.15, 0.2) is 36.4 Å². The smallest absolute Gasteiger partial charge is 0.258 e. The number of carbonyl (C=O) groups is 2. The van der Waals surface area contributed by atoms with Crippen molar-refractivity contribution in [2.24, 2.45) is 11.8 Å². The van der Waals surface area contributed by atoms with Crippen LogP contribution in [0.2, 0.25) is 10.0 Å². The number of amides is 2. The Balaban J connectivity index is 1.56. The van der Waals surface area contributed by atoms with Gasteiger partial charge in [0.15, 0.2) is 0 Å². The number of hydrogen-bond donors (Lipinski definition) is 2. The second-order valence-electron chi connectivity index (χ2n) is 11.1. The molecule has 1 aliphatic carbocycles. The molecule has 2 amide bonds. The lowest BCUT2D eigenvalue weighted by atomic mass is 9.88. The van der Waals surface area contributed by atoms with E-state index in [9.17, 15) is 14.7 Å². The average molecular weight is 577 g/mol. The fourth-order valence-corrected chi connectivity index (χ4v) is 5.77. The first-order chi connectivity index (χ1) is 18.7. The minimum Gasteiger partial charge on any atom is -0.488 e. The summed E-state index contributed by atoms with van der Waals surface area (Å²) in [6.45, 7) is 5.45. The number of carbonyl (C=O) groups excluding carboxylic acids is 2. The van der Waals surface area contributed by atoms with E-state index in [1.165, 1.54) is 6.42 Å². The topological polar surface area (TPSA) is 82.1 Å². The Morgan fingerprint density at radius 1 is 1.15 bits per heavy atom. The summed E-state index contributed by atoms with van der Waals surface area (Å²) >= 11 is 12.3. The maximum Gasteiger partial charge on any atom is 0.258 e. The van der Waals surface area contributed by atoms with Crippen molar-refractivity contribution < 1.29 is 19.4 Å². The normalized spacial score (nSPS) is 21.1. The van der Waals surface area contributed by atoms with Crippen LogP contribution in [0.4, 0.5) is 5.69 Å². The number of nitrogens with zero attached hydrogens (tertiary/aromatic N) is 2. The summed E-state index contributed by atoms with van der Waals surface area (Å²) in [7, 11) is 2.02. The van der Waals surface area contributed by atoms with Gasteiger partial charge in [0.25, 0.3) is 5.91 Å². The Labute approximate surface area is 241 Å². The van der Waals surface area contributed by atoms with Crippen LogP contribution in [0.5, 0.6) is 5.75 Å². The summed E-state index contributed by atoms with van der Waals surface area (Å²) in [6, 6.07) is 10.5. The Morgan fingerprint density at radius 3 is 2.59 bits per heavy atom. The number of benzene rings is 2. The molecule has 39 heavy (non-hydrogen) atoms. The highest BCUT2D eigenvalue weighted by molar-refractivity contribution is 6.42. The molecule has 0 bridgehead atoms. The molecule has 1 heterocycles. The van der Waals surface area contributed by atoms with Gasteiger partial charge in [0, 0.05) is 37.2 Å². The number of anilines is 1. The van der Waals surface area contributed by atoms with Crippen molar-refractivity contribution >= 4 is 40.7 Å². The molecular formula is C30H39Cl2N3O4. The van der Waals surface area contributed by atoms with Gasteiger partial charge in [-0.2, -0.15) is 0 Å². The molecule has 7 nitrogen and oxygen atoms in total. The quantitative estimate of drug-likeness (QED) is 0.411. The van der Waals surface area contributed by atoms with E-state index in [0.717, 1.165) is 31.2 Å². The van der Waals surface area contributed by atoms with Crippen molar-refractivity contribution in [3.05, 3.63) is 57.6 Å². The number of hydrogen-bond acceptors (Lipinski definition) is 5. The van der Waals surface area contributed by atoms with Gasteiger partial charge in [0.05, 0.1) is 28.3 Å². The molecule has 3 atom stereocenters. The van der Waals surface area contributed by atoms with Gasteiger partial charge in [-0.05, 0) is 62.7 Å². The number of aliphatic hydroxyl groups excluding tert-OH is 1. The molecule has 2 aliphatic rings. The first kappa shape index (κ1) is 29.7. The van der Waals surface area contributed by atoms with Crippen molar-refractivity contribution in [2.75, 3.05) is 32.1 Å². The SMILES string of the molecule is C[C@H]1CN([C@@H](C)CO)C(=O)c2cc(NC(=O)C3CCCCC3)ccc2O[C@H]1CN(C)Cc1ccc(Cl)c(Cl)c1. The molecule has 1 aliphatic heterocycles. The molecule has 1 fully saturated rings. The third kappa shape index (κ3) is 7.46. The van der Waals surface area contributed by atoms with Crippen LogP contribution in [0, 0.1) is 11.8 Å². The molecule has 1 saturated carbocycles. The average Bonchev–Trinajstić information content (AvgIpc) is 2.93. The minimum absolute atomic E-state index is 0.00182. The molecule has 0 radical (unpaired) electrons. The number of aliphatic hydroxyl groups is 1. The summed E-state index contributed by atoms with van der Waals surface area (Å²) < 4.78 is 6.50. The second kappa shape index (κ2) is 13.4. The number of ether oxygens (including phenoxy) is 1. The fourth-order valence-electron chi connectivity index (χ4n) is 5.45. The zero-order valence-electron chi connectivity index (χ0n) is 23.0. The van der Waals surface area contributed by atoms with Crippen LogP contribution in [0.1, 0.15) is 61.9 Å². The number of nitrogens with one attached hydrogen (secondary N) is 1. The lowest BCUT2D eigenvalue weighted by molar-refractivity contribution is -0.120. The van der Waals surface area contributed by atoms with E-state index < -0.39 is 0 Å². The summed E-state index contributed by atoms with van der Waals surface area (Å²) in [5, 5.41) is 14.0. The molecule has 0 unspecified atom stereocenters. The molecular weight excluding hydrogens is 537 g/mol. The third-order valence-electron chi connectivity index (χ3n) is 7.84. The maximum absolute atomic E-state index is 13.7. The fraction of sp³-hybridized carbons (Fsp3) is 0.533. The van der Waals surface area contributed by atoms with Crippen molar-refractivity contribution in [3.63, 3.8) is 0 Å². The van der Waals surface area contributed by atoms with Gasteiger partial charge in [0.2, 0.25) is 5.91 Å². The van der Waals surface area contributed by atoms with Crippen LogP contribution in [0.3, 0.4) is 0 Å². The predicted octanol–water partition coefficient (Wildman–Crippen LogP) is 5.86. The van der Waals surface area contributed by atoms with Crippen molar-refractivity contribution in [1.82, 2.24) is 9.80 Å². The van der Waals surface area contributed by atoms with E-state index in [0.29, 0.717) is 46.7 Å². The lowest BCUT2D eigenvalue weighted by Crippen LogP contribution is -2.49. The predicted molar refractivity (Wildman–Crippen MR) is 156 cm³/mol. The van der Waals surface area contributed by atoms with Crippen LogP contribution in [-0.4, -0.2) is 65.6 Å². The van der Waals surface area contributed by atoms with Gasteiger partial charge < -0.3 is 20.1 Å². The van der Waals surface area contributed by atoms with E-state index in [1.54, 1.807) is 29.2 Å². The minimum atomic E-state index is -0.360. The van der Waals surface area contributed by atoms with E-state index in [1.807, 2.05) is 26.1 Å². The zero-order chi connectivity index (χ0) is 28.1. The first-order valence-corrected chi connectivity index (χ1v) is 14.6.